The molecule has 0 spiro atoms. The van der Waals surface area contributed by atoms with E-state index < -0.39 is 28.5 Å². The average molecular weight is 389 g/mol. The third-order valence-corrected chi connectivity index (χ3v) is 5.19. The van der Waals surface area contributed by atoms with Gasteiger partial charge in [0.1, 0.15) is 5.69 Å². The Labute approximate surface area is 161 Å². The minimum atomic E-state index is -0.990. The van der Waals surface area contributed by atoms with Crippen molar-refractivity contribution in [1.82, 2.24) is 4.90 Å². The molecule has 1 unspecified atom stereocenters. The lowest BCUT2D eigenvalue weighted by molar-refractivity contribution is -0.384. The first-order valence-corrected chi connectivity index (χ1v) is 9.05. The topological polar surface area (TPSA) is 66.7 Å². The number of carbonyl (C=O) groups is 1. The molecule has 1 amide bonds. The Bertz CT molecular complexity index is 914. The van der Waals surface area contributed by atoms with Crippen LogP contribution in [0, 0.1) is 21.7 Å². The summed E-state index contributed by atoms with van der Waals surface area (Å²) in [6, 6.07) is 7.37. The van der Waals surface area contributed by atoms with Gasteiger partial charge < -0.3 is 9.80 Å². The number of rotatable bonds is 5. The van der Waals surface area contributed by atoms with Crippen molar-refractivity contribution in [3.05, 3.63) is 69.3 Å². The lowest BCUT2D eigenvalue weighted by Crippen LogP contribution is -2.30. The molecule has 2 aromatic rings. The highest BCUT2D eigenvalue weighted by Crippen LogP contribution is 2.32. The molecule has 1 aliphatic heterocycles. The summed E-state index contributed by atoms with van der Waals surface area (Å²) in [6.45, 7) is 3.18. The maximum atomic E-state index is 13.5. The van der Waals surface area contributed by atoms with Gasteiger partial charge in [-0.2, -0.15) is 0 Å². The first-order valence-electron chi connectivity index (χ1n) is 9.05. The number of nitrogens with zero attached hydrogens (tertiary/aromatic N) is 3. The van der Waals surface area contributed by atoms with E-state index in [0.717, 1.165) is 38.1 Å². The monoisotopic (exact) mass is 389 g/mol. The van der Waals surface area contributed by atoms with Gasteiger partial charge >= 0.3 is 0 Å². The fourth-order valence-electron chi connectivity index (χ4n) is 3.40. The van der Waals surface area contributed by atoms with Gasteiger partial charge in [0.05, 0.1) is 11.0 Å². The quantitative estimate of drug-likeness (QED) is 0.565. The van der Waals surface area contributed by atoms with Gasteiger partial charge in [0.25, 0.3) is 11.6 Å². The summed E-state index contributed by atoms with van der Waals surface area (Å²) < 4.78 is 26.7. The van der Waals surface area contributed by atoms with Gasteiger partial charge in [0.15, 0.2) is 11.6 Å². The first kappa shape index (κ1) is 19.7. The molecular formula is C20H21F2N3O3. The van der Waals surface area contributed by atoms with E-state index in [2.05, 4.69) is 0 Å². The van der Waals surface area contributed by atoms with Crippen LogP contribution in [0.15, 0.2) is 36.4 Å². The van der Waals surface area contributed by atoms with Crippen LogP contribution < -0.4 is 4.90 Å². The molecule has 0 bridgehead atoms. The summed E-state index contributed by atoms with van der Waals surface area (Å²) in [4.78, 5) is 27.2. The van der Waals surface area contributed by atoms with Crippen LogP contribution in [0.2, 0.25) is 0 Å². The van der Waals surface area contributed by atoms with E-state index in [0.29, 0.717) is 11.3 Å². The van der Waals surface area contributed by atoms with E-state index in [1.165, 1.54) is 24.1 Å². The number of amides is 1. The molecule has 0 saturated carbocycles. The second-order valence-electron chi connectivity index (χ2n) is 6.92. The smallest absolute Gasteiger partial charge is 0.293 e. The van der Waals surface area contributed by atoms with Gasteiger partial charge in [-0.1, -0.05) is 6.07 Å². The molecule has 3 rings (SSSR count). The number of benzene rings is 2. The highest BCUT2D eigenvalue weighted by molar-refractivity contribution is 5.96. The number of nitro benzene ring substituents is 1. The molecule has 1 aliphatic rings. The Morgan fingerprint density at radius 2 is 1.82 bits per heavy atom. The van der Waals surface area contributed by atoms with Crippen LogP contribution >= 0.6 is 0 Å². The molecule has 1 heterocycles. The molecule has 2 aromatic carbocycles. The van der Waals surface area contributed by atoms with Crippen molar-refractivity contribution in [2.75, 3.05) is 25.0 Å². The first-order chi connectivity index (χ1) is 13.3. The zero-order chi connectivity index (χ0) is 20.4. The van der Waals surface area contributed by atoms with Crippen LogP contribution in [0.5, 0.6) is 0 Å². The number of carbonyl (C=O) groups excluding carboxylic acids is 1. The van der Waals surface area contributed by atoms with Crippen LogP contribution in [0.25, 0.3) is 0 Å². The normalized spacial score (nSPS) is 14.8. The molecular weight excluding hydrogens is 368 g/mol. The predicted molar refractivity (Wildman–Crippen MR) is 101 cm³/mol. The number of anilines is 1. The van der Waals surface area contributed by atoms with E-state index in [1.54, 1.807) is 19.1 Å². The molecule has 0 aromatic heterocycles. The van der Waals surface area contributed by atoms with Crippen LogP contribution in [0.3, 0.4) is 0 Å². The van der Waals surface area contributed by atoms with Crippen molar-refractivity contribution in [2.45, 2.75) is 25.8 Å². The summed E-state index contributed by atoms with van der Waals surface area (Å²) in [5, 5.41) is 11.5. The summed E-state index contributed by atoms with van der Waals surface area (Å²) >= 11 is 0. The van der Waals surface area contributed by atoms with E-state index in [9.17, 15) is 23.7 Å². The van der Waals surface area contributed by atoms with Crippen LogP contribution in [0.4, 0.5) is 20.2 Å². The number of nitro groups is 1. The molecule has 1 fully saturated rings. The van der Waals surface area contributed by atoms with Crippen molar-refractivity contribution in [2.24, 2.45) is 0 Å². The van der Waals surface area contributed by atoms with Gasteiger partial charge in [-0.15, -0.1) is 0 Å². The Morgan fingerprint density at radius 1 is 1.14 bits per heavy atom. The lowest BCUT2D eigenvalue weighted by Gasteiger charge is -2.26. The van der Waals surface area contributed by atoms with Crippen molar-refractivity contribution in [1.29, 1.82) is 0 Å². The van der Waals surface area contributed by atoms with Crippen molar-refractivity contribution in [3.63, 3.8) is 0 Å². The van der Waals surface area contributed by atoms with Crippen molar-refractivity contribution in [3.8, 4) is 0 Å². The second-order valence-corrected chi connectivity index (χ2v) is 6.92. The van der Waals surface area contributed by atoms with Gasteiger partial charge in [-0.05, 0) is 49.6 Å². The molecule has 6 nitrogen and oxygen atoms in total. The van der Waals surface area contributed by atoms with E-state index in [4.69, 9.17) is 0 Å². The fourth-order valence-corrected chi connectivity index (χ4v) is 3.40. The molecule has 0 radical (unpaired) electrons. The largest absolute Gasteiger partial charge is 0.366 e. The Balaban J connectivity index is 1.87. The van der Waals surface area contributed by atoms with Crippen LogP contribution in [-0.4, -0.2) is 35.9 Å². The zero-order valence-electron chi connectivity index (χ0n) is 15.7. The molecule has 1 atom stereocenters. The number of hydrogen-bond acceptors (Lipinski definition) is 4. The summed E-state index contributed by atoms with van der Waals surface area (Å²) in [6.07, 6.45) is 1.96. The van der Waals surface area contributed by atoms with Crippen molar-refractivity contribution < 1.29 is 18.5 Å². The Hall–Kier alpha value is -3.03. The van der Waals surface area contributed by atoms with E-state index in [-0.39, 0.29) is 11.3 Å². The molecule has 0 aliphatic carbocycles. The number of halogens is 2. The average Bonchev–Trinajstić information content (AvgIpc) is 3.22. The molecule has 28 heavy (non-hydrogen) atoms. The van der Waals surface area contributed by atoms with Crippen molar-refractivity contribution >= 4 is 17.3 Å². The van der Waals surface area contributed by atoms with E-state index >= 15 is 0 Å². The Kier molecular flexibility index (Phi) is 5.58. The van der Waals surface area contributed by atoms with Gasteiger partial charge in [-0.3, -0.25) is 14.9 Å². The fraction of sp³-hybridized carbons (Fsp3) is 0.350. The predicted octanol–water partition coefficient (Wildman–Crippen LogP) is 4.31. The van der Waals surface area contributed by atoms with Gasteiger partial charge in [0, 0.05) is 31.8 Å². The SMILES string of the molecule is CC(c1ccc(F)c(F)c1)N(C)C(=O)c1ccc(N2CCCC2)c([N+](=O)[O-])c1. The summed E-state index contributed by atoms with van der Waals surface area (Å²) in [5.41, 5.74) is 1.00. The minimum Gasteiger partial charge on any atom is -0.366 e. The molecule has 0 N–H and O–H groups in total. The van der Waals surface area contributed by atoms with Crippen LogP contribution in [0.1, 0.15) is 41.7 Å². The zero-order valence-corrected chi connectivity index (χ0v) is 15.7. The highest BCUT2D eigenvalue weighted by Gasteiger charge is 2.26. The molecule has 1 saturated heterocycles. The summed E-state index contributed by atoms with van der Waals surface area (Å²) in [5.74, 6) is -2.39. The second kappa shape index (κ2) is 7.92. The van der Waals surface area contributed by atoms with Gasteiger partial charge in [0.2, 0.25) is 0 Å². The third kappa shape index (κ3) is 3.81. The maximum Gasteiger partial charge on any atom is 0.293 e. The van der Waals surface area contributed by atoms with Gasteiger partial charge in [-0.25, -0.2) is 8.78 Å². The van der Waals surface area contributed by atoms with E-state index in [1.807, 2.05) is 4.90 Å². The molecule has 148 valence electrons. The molecule has 8 heteroatoms. The summed E-state index contributed by atoms with van der Waals surface area (Å²) in [7, 11) is 1.52. The Morgan fingerprint density at radius 3 is 2.43 bits per heavy atom. The van der Waals surface area contributed by atoms with Crippen LogP contribution in [-0.2, 0) is 0 Å². The highest BCUT2D eigenvalue weighted by atomic mass is 19.2. The standard InChI is InChI=1S/C20H21F2N3O3/c1-13(14-5-7-16(21)17(22)11-14)23(2)20(26)15-6-8-18(19(12-15)25(27)28)24-9-3-4-10-24/h5-8,11-13H,3-4,9-10H2,1-2H3. The minimum absolute atomic E-state index is 0.110. The maximum absolute atomic E-state index is 13.5. The third-order valence-electron chi connectivity index (χ3n) is 5.19. The lowest BCUT2D eigenvalue weighted by atomic mass is 10.1. The number of hydrogen-bond donors (Lipinski definition) is 0.